The summed E-state index contributed by atoms with van der Waals surface area (Å²) >= 11 is 1.84. The van der Waals surface area contributed by atoms with Gasteiger partial charge in [0.05, 0.1) is 6.54 Å². The molecule has 2 heterocycles. The van der Waals surface area contributed by atoms with E-state index in [4.69, 9.17) is 4.99 Å². The highest BCUT2D eigenvalue weighted by atomic mass is 127. The second-order valence-electron chi connectivity index (χ2n) is 7.56. The summed E-state index contributed by atoms with van der Waals surface area (Å²) in [4.78, 5) is 8.90. The van der Waals surface area contributed by atoms with Crippen LogP contribution in [0.15, 0.2) is 22.5 Å². The molecule has 1 aromatic heterocycles. The Labute approximate surface area is 162 Å². The molecule has 130 valence electrons. The molecule has 0 radical (unpaired) electrons. The van der Waals surface area contributed by atoms with Crippen molar-refractivity contribution < 1.29 is 0 Å². The highest BCUT2D eigenvalue weighted by molar-refractivity contribution is 14.0. The predicted molar refractivity (Wildman–Crippen MR) is 111 cm³/mol. The molecule has 1 aromatic rings. The van der Waals surface area contributed by atoms with Crippen molar-refractivity contribution in [3.8, 4) is 0 Å². The Hall–Kier alpha value is -0.300. The molecule has 1 saturated carbocycles. The molecular weight excluding hydrogens is 417 g/mol. The van der Waals surface area contributed by atoms with Crippen molar-refractivity contribution >= 4 is 41.3 Å². The maximum atomic E-state index is 4.99. The molecule has 1 aliphatic heterocycles. The van der Waals surface area contributed by atoms with Crippen LogP contribution in [0.2, 0.25) is 0 Å². The molecule has 0 bridgehead atoms. The summed E-state index contributed by atoms with van der Waals surface area (Å²) in [6.45, 7) is 10.9. The molecular formula is C18H30IN3S. The number of nitrogens with zero attached hydrogens (tertiary/aromatic N) is 2. The highest BCUT2D eigenvalue weighted by Gasteiger charge is 2.43. The minimum Gasteiger partial charge on any atom is -0.357 e. The molecule has 3 nitrogen and oxygen atoms in total. The fraction of sp³-hybridized carbons (Fsp3) is 0.722. The van der Waals surface area contributed by atoms with Gasteiger partial charge in [-0.05, 0) is 43.0 Å². The van der Waals surface area contributed by atoms with E-state index >= 15 is 0 Å². The van der Waals surface area contributed by atoms with E-state index in [-0.39, 0.29) is 29.4 Å². The zero-order chi connectivity index (χ0) is 15.6. The van der Waals surface area contributed by atoms with E-state index in [9.17, 15) is 0 Å². The first-order valence-electron chi connectivity index (χ1n) is 8.62. The van der Waals surface area contributed by atoms with Crippen LogP contribution in [-0.2, 0) is 5.41 Å². The molecule has 5 heteroatoms. The Kier molecular flexibility index (Phi) is 6.39. The van der Waals surface area contributed by atoms with Crippen molar-refractivity contribution in [2.24, 2.45) is 10.4 Å². The summed E-state index contributed by atoms with van der Waals surface area (Å²) in [5, 5.41) is 5.67. The van der Waals surface area contributed by atoms with Gasteiger partial charge in [0.15, 0.2) is 5.96 Å². The largest absolute Gasteiger partial charge is 0.357 e. The summed E-state index contributed by atoms with van der Waals surface area (Å²) in [5.74, 6) is 1.12. The van der Waals surface area contributed by atoms with Crippen molar-refractivity contribution in [3.05, 3.63) is 22.4 Å². The summed E-state index contributed by atoms with van der Waals surface area (Å²) < 4.78 is 0. The first-order valence-corrected chi connectivity index (χ1v) is 9.50. The number of rotatable bonds is 4. The van der Waals surface area contributed by atoms with Crippen LogP contribution in [0.1, 0.15) is 51.3 Å². The second kappa shape index (κ2) is 7.72. The van der Waals surface area contributed by atoms with Crippen LogP contribution in [-0.4, -0.2) is 37.0 Å². The Morgan fingerprint density at radius 2 is 2.17 bits per heavy atom. The lowest BCUT2D eigenvalue weighted by Gasteiger charge is -2.38. The highest BCUT2D eigenvalue weighted by Crippen LogP contribution is 2.47. The first kappa shape index (κ1) is 19.0. The Morgan fingerprint density at radius 1 is 1.39 bits per heavy atom. The van der Waals surface area contributed by atoms with Gasteiger partial charge in [-0.3, -0.25) is 4.99 Å². The SMILES string of the molecule is CCNC(=NCC(C)(C)c1cccs1)N1CCC2(CCC2)C1.I. The Bertz CT molecular complexity index is 520. The molecule has 1 N–H and O–H groups in total. The number of nitrogens with one attached hydrogen (secondary N) is 1. The number of hydrogen-bond acceptors (Lipinski definition) is 2. The minimum atomic E-state index is 0. The van der Waals surface area contributed by atoms with Crippen molar-refractivity contribution in [1.29, 1.82) is 0 Å². The van der Waals surface area contributed by atoms with Crippen LogP contribution < -0.4 is 5.32 Å². The third-order valence-corrected chi connectivity index (χ3v) is 6.54. The van der Waals surface area contributed by atoms with Gasteiger partial charge in [0.2, 0.25) is 0 Å². The van der Waals surface area contributed by atoms with Crippen LogP contribution in [0.5, 0.6) is 0 Å². The maximum Gasteiger partial charge on any atom is 0.193 e. The number of aliphatic imine (C=N–C) groups is 1. The lowest BCUT2D eigenvalue weighted by atomic mass is 9.68. The average molecular weight is 447 g/mol. The van der Waals surface area contributed by atoms with E-state index in [2.05, 4.69) is 48.5 Å². The van der Waals surface area contributed by atoms with Crippen LogP contribution in [0.25, 0.3) is 0 Å². The molecule has 2 aliphatic rings. The monoisotopic (exact) mass is 447 g/mol. The fourth-order valence-corrected chi connectivity index (χ4v) is 4.49. The van der Waals surface area contributed by atoms with Gasteiger partial charge in [0, 0.05) is 29.9 Å². The lowest BCUT2D eigenvalue weighted by Crippen LogP contribution is -2.43. The molecule has 1 spiro atoms. The summed E-state index contributed by atoms with van der Waals surface area (Å²) in [7, 11) is 0. The van der Waals surface area contributed by atoms with Crippen molar-refractivity contribution in [2.75, 3.05) is 26.2 Å². The lowest BCUT2D eigenvalue weighted by molar-refractivity contribution is 0.151. The first-order chi connectivity index (χ1) is 10.5. The zero-order valence-electron chi connectivity index (χ0n) is 14.6. The Morgan fingerprint density at radius 3 is 2.70 bits per heavy atom. The van der Waals surface area contributed by atoms with Gasteiger partial charge in [0.25, 0.3) is 0 Å². The van der Waals surface area contributed by atoms with Crippen LogP contribution in [0.4, 0.5) is 0 Å². The number of guanidine groups is 1. The minimum absolute atomic E-state index is 0. The van der Waals surface area contributed by atoms with Gasteiger partial charge in [-0.25, -0.2) is 0 Å². The van der Waals surface area contributed by atoms with Crippen molar-refractivity contribution in [2.45, 2.75) is 51.9 Å². The number of thiophene rings is 1. The number of halogens is 1. The Balaban J connectivity index is 0.00000192. The summed E-state index contributed by atoms with van der Waals surface area (Å²) in [6.07, 6.45) is 5.62. The van der Waals surface area contributed by atoms with Gasteiger partial charge in [-0.2, -0.15) is 0 Å². The average Bonchev–Trinajstić information content (AvgIpc) is 3.11. The molecule has 1 saturated heterocycles. The number of hydrogen-bond donors (Lipinski definition) is 1. The second-order valence-corrected chi connectivity index (χ2v) is 8.50. The molecule has 1 aliphatic carbocycles. The standard InChI is InChI=1S/C18H29N3S.HI/c1-4-19-16(21-11-10-18(14-21)8-6-9-18)20-13-17(2,3)15-7-5-12-22-15;/h5,7,12H,4,6,8-11,13-14H2,1-3H3,(H,19,20);1H. The van der Waals surface area contributed by atoms with E-state index in [0.29, 0.717) is 5.41 Å². The molecule has 0 atom stereocenters. The predicted octanol–water partition coefficient (Wildman–Crippen LogP) is 4.49. The number of likely N-dealkylation sites (tertiary alicyclic amines) is 1. The fourth-order valence-electron chi connectivity index (χ4n) is 3.64. The third kappa shape index (κ3) is 4.21. The molecule has 2 fully saturated rings. The van der Waals surface area contributed by atoms with Crippen LogP contribution in [0, 0.1) is 5.41 Å². The quantitative estimate of drug-likeness (QED) is 0.419. The molecule has 3 rings (SSSR count). The maximum absolute atomic E-state index is 4.99. The molecule has 0 unspecified atom stereocenters. The van der Waals surface area contributed by atoms with E-state index in [0.717, 1.165) is 19.0 Å². The van der Waals surface area contributed by atoms with Crippen LogP contribution >= 0.6 is 35.3 Å². The normalized spacial score (nSPS) is 20.3. The zero-order valence-corrected chi connectivity index (χ0v) is 17.7. The van der Waals surface area contributed by atoms with Gasteiger partial charge in [-0.15, -0.1) is 35.3 Å². The van der Waals surface area contributed by atoms with E-state index in [1.165, 1.54) is 43.6 Å². The molecule has 0 amide bonds. The third-order valence-electron chi connectivity index (χ3n) is 5.30. The summed E-state index contributed by atoms with van der Waals surface area (Å²) in [6, 6.07) is 4.36. The summed E-state index contributed by atoms with van der Waals surface area (Å²) in [5.41, 5.74) is 0.738. The van der Waals surface area contributed by atoms with E-state index in [1.54, 1.807) is 0 Å². The smallest absolute Gasteiger partial charge is 0.193 e. The van der Waals surface area contributed by atoms with Gasteiger partial charge >= 0.3 is 0 Å². The van der Waals surface area contributed by atoms with E-state index in [1.807, 2.05) is 11.3 Å². The van der Waals surface area contributed by atoms with Gasteiger partial charge in [0.1, 0.15) is 0 Å². The van der Waals surface area contributed by atoms with E-state index < -0.39 is 0 Å². The van der Waals surface area contributed by atoms with Crippen LogP contribution in [0.3, 0.4) is 0 Å². The van der Waals surface area contributed by atoms with Crippen molar-refractivity contribution in [3.63, 3.8) is 0 Å². The van der Waals surface area contributed by atoms with Gasteiger partial charge in [-0.1, -0.05) is 26.3 Å². The van der Waals surface area contributed by atoms with Gasteiger partial charge < -0.3 is 10.2 Å². The topological polar surface area (TPSA) is 27.6 Å². The van der Waals surface area contributed by atoms with Crippen molar-refractivity contribution in [1.82, 2.24) is 10.2 Å². The molecule has 0 aromatic carbocycles. The molecule has 23 heavy (non-hydrogen) atoms.